The second kappa shape index (κ2) is 6.12. The molecule has 0 bridgehead atoms. The van der Waals surface area contributed by atoms with Gasteiger partial charge in [0, 0.05) is 23.5 Å². The number of aromatic nitrogens is 1. The first-order chi connectivity index (χ1) is 9.65. The average Bonchev–Trinajstić information content (AvgIpc) is 2.87. The second-order valence-electron chi connectivity index (χ2n) is 6.66. The van der Waals surface area contributed by atoms with E-state index in [0.29, 0.717) is 5.92 Å². The minimum atomic E-state index is -0.400. The van der Waals surface area contributed by atoms with Crippen LogP contribution in [0.5, 0.6) is 0 Å². The van der Waals surface area contributed by atoms with Crippen LogP contribution in [0.2, 0.25) is 0 Å². The van der Waals surface area contributed by atoms with Crippen LogP contribution in [0.3, 0.4) is 0 Å². The van der Waals surface area contributed by atoms with Gasteiger partial charge in [-0.1, -0.05) is 19.3 Å². The van der Waals surface area contributed by atoms with Crippen molar-refractivity contribution in [3.05, 3.63) is 16.1 Å². The first-order valence-corrected chi connectivity index (χ1v) is 8.89. The summed E-state index contributed by atoms with van der Waals surface area (Å²) >= 11 is 1.81. The van der Waals surface area contributed by atoms with Gasteiger partial charge in [-0.05, 0) is 45.7 Å². The average molecular weight is 294 g/mol. The van der Waals surface area contributed by atoms with Gasteiger partial charge in [0.05, 0.1) is 10.6 Å². The number of hydrogen-bond acceptors (Lipinski definition) is 4. The Balaban J connectivity index is 1.51. The summed E-state index contributed by atoms with van der Waals surface area (Å²) in [5.41, 5.74) is 0.756. The fraction of sp³-hybridized carbons (Fsp3) is 0.812. The van der Waals surface area contributed by atoms with E-state index >= 15 is 0 Å². The molecule has 1 saturated heterocycles. The fourth-order valence-corrected chi connectivity index (χ4v) is 4.65. The molecule has 0 amide bonds. The zero-order valence-electron chi connectivity index (χ0n) is 12.5. The Morgan fingerprint density at radius 2 is 2.00 bits per heavy atom. The molecule has 1 N–H and O–H groups in total. The Kier molecular flexibility index (Phi) is 4.43. The van der Waals surface area contributed by atoms with Crippen molar-refractivity contribution in [3.63, 3.8) is 0 Å². The van der Waals surface area contributed by atoms with Crippen LogP contribution >= 0.6 is 11.3 Å². The molecule has 1 aromatic rings. The third-order valence-corrected chi connectivity index (χ3v) is 6.00. The van der Waals surface area contributed by atoms with E-state index in [4.69, 9.17) is 0 Å². The Morgan fingerprint density at radius 3 is 2.60 bits per heavy atom. The number of thiazole rings is 1. The van der Waals surface area contributed by atoms with Crippen molar-refractivity contribution >= 4 is 11.3 Å². The van der Waals surface area contributed by atoms with Crippen molar-refractivity contribution in [2.24, 2.45) is 0 Å². The lowest BCUT2D eigenvalue weighted by Crippen LogP contribution is -2.46. The first-order valence-electron chi connectivity index (χ1n) is 8.01. The molecule has 2 aliphatic rings. The van der Waals surface area contributed by atoms with Crippen LogP contribution in [0, 0.1) is 6.92 Å². The topological polar surface area (TPSA) is 36.4 Å². The normalized spacial score (nSPS) is 24.9. The van der Waals surface area contributed by atoms with Gasteiger partial charge in [0.25, 0.3) is 0 Å². The van der Waals surface area contributed by atoms with E-state index < -0.39 is 5.60 Å². The van der Waals surface area contributed by atoms with Gasteiger partial charge in [0.15, 0.2) is 0 Å². The van der Waals surface area contributed by atoms with E-state index in [1.807, 2.05) is 11.3 Å². The van der Waals surface area contributed by atoms with Crippen LogP contribution in [0.1, 0.15) is 61.6 Å². The summed E-state index contributed by atoms with van der Waals surface area (Å²) in [5, 5.41) is 14.1. The first kappa shape index (κ1) is 14.5. The van der Waals surface area contributed by atoms with Crippen LogP contribution in [-0.2, 0) is 0 Å². The van der Waals surface area contributed by atoms with Crippen molar-refractivity contribution in [1.29, 1.82) is 0 Å². The van der Waals surface area contributed by atoms with Crippen molar-refractivity contribution in [1.82, 2.24) is 9.88 Å². The molecule has 0 aromatic carbocycles. The monoisotopic (exact) mass is 294 g/mol. The lowest BCUT2D eigenvalue weighted by molar-refractivity contribution is -0.0307. The SMILES string of the molecule is Cc1csc(C2CCN(CC3(O)CCCCC3)CC2)n1. The Labute approximate surface area is 126 Å². The zero-order chi connectivity index (χ0) is 14.0. The molecule has 20 heavy (non-hydrogen) atoms. The van der Waals surface area contributed by atoms with Gasteiger partial charge in [-0.15, -0.1) is 11.3 Å². The maximum absolute atomic E-state index is 10.7. The number of likely N-dealkylation sites (tertiary alicyclic amines) is 1. The maximum Gasteiger partial charge on any atom is 0.0960 e. The molecule has 0 atom stereocenters. The smallest absolute Gasteiger partial charge is 0.0960 e. The molecule has 112 valence electrons. The quantitative estimate of drug-likeness (QED) is 0.929. The Hall–Kier alpha value is -0.450. The molecule has 0 radical (unpaired) electrons. The Morgan fingerprint density at radius 1 is 1.30 bits per heavy atom. The molecule has 0 spiro atoms. The number of piperidine rings is 1. The summed E-state index contributed by atoms with van der Waals surface area (Å²) in [5.74, 6) is 0.644. The van der Waals surface area contributed by atoms with Gasteiger partial charge >= 0.3 is 0 Å². The third-order valence-electron chi connectivity index (χ3n) is 4.88. The van der Waals surface area contributed by atoms with Crippen molar-refractivity contribution in [3.8, 4) is 0 Å². The van der Waals surface area contributed by atoms with Crippen LogP contribution in [0.15, 0.2) is 5.38 Å². The number of rotatable bonds is 3. The molecular formula is C16H26N2OS. The van der Waals surface area contributed by atoms with E-state index in [1.54, 1.807) is 0 Å². The van der Waals surface area contributed by atoms with Crippen LogP contribution in [0.25, 0.3) is 0 Å². The predicted octanol–water partition coefficient (Wildman–Crippen LogP) is 3.33. The number of nitrogens with zero attached hydrogens (tertiary/aromatic N) is 2. The summed E-state index contributed by atoms with van der Waals surface area (Å²) in [6.07, 6.45) is 8.09. The van der Waals surface area contributed by atoms with E-state index in [1.165, 1.54) is 37.1 Å². The van der Waals surface area contributed by atoms with Gasteiger partial charge in [-0.3, -0.25) is 0 Å². The number of aliphatic hydroxyl groups is 1. The molecule has 1 aromatic heterocycles. The molecule has 1 aliphatic carbocycles. The summed E-state index contributed by atoms with van der Waals surface area (Å²) in [6, 6.07) is 0. The van der Waals surface area contributed by atoms with Crippen molar-refractivity contribution in [2.45, 2.75) is 63.4 Å². The van der Waals surface area contributed by atoms with Crippen molar-refractivity contribution < 1.29 is 5.11 Å². The van der Waals surface area contributed by atoms with Crippen LogP contribution in [-0.4, -0.2) is 40.2 Å². The molecule has 2 fully saturated rings. The van der Waals surface area contributed by atoms with E-state index in [-0.39, 0.29) is 0 Å². The zero-order valence-corrected chi connectivity index (χ0v) is 13.3. The molecule has 3 rings (SSSR count). The molecular weight excluding hydrogens is 268 g/mol. The summed E-state index contributed by atoms with van der Waals surface area (Å²) in [6.45, 7) is 5.20. The molecule has 3 nitrogen and oxygen atoms in total. The van der Waals surface area contributed by atoms with E-state index in [0.717, 1.165) is 38.2 Å². The second-order valence-corrected chi connectivity index (χ2v) is 7.55. The lowest BCUT2D eigenvalue weighted by Gasteiger charge is -2.39. The standard InChI is InChI=1S/C16H26N2OS/c1-13-11-20-15(17-13)14-5-9-18(10-6-14)12-16(19)7-3-2-4-8-16/h11,14,19H,2-10,12H2,1H3. The van der Waals surface area contributed by atoms with Crippen molar-refractivity contribution in [2.75, 3.05) is 19.6 Å². The predicted molar refractivity (Wildman–Crippen MR) is 83.3 cm³/mol. The third kappa shape index (κ3) is 3.41. The Bertz CT molecular complexity index is 431. The largest absolute Gasteiger partial charge is 0.389 e. The summed E-state index contributed by atoms with van der Waals surface area (Å²) in [4.78, 5) is 7.11. The van der Waals surface area contributed by atoms with Crippen LogP contribution in [0.4, 0.5) is 0 Å². The summed E-state index contributed by atoms with van der Waals surface area (Å²) in [7, 11) is 0. The van der Waals surface area contributed by atoms with Gasteiger partial charge < -0.3 is 10.0 Å². The minimum Gasteiger partial charge on any atom is -0.389 e. The molecule has 2 heterocycles. The number of hydrogen-bond donors (Lipinski definition) is 1. The van der Waals surface area contributed by atoms with Gasteiger partial charge in [-0.2, -0.15) is 0 Å². The molecule has 1 saturated carbocycles. The van der Waals surface area contributed by atoms with Gasteiger partial charge in [-0.25, -0.2) is 4.98 Å². The van der Waals surface area contributed by atoms with Gasteiger partial charge in [0.2, 0.25) is 0 Å². The minimum absolute atomic E-state index is 0.400. The van der Waals surface area contributed by atoms with E-state index in [9.17, 15) is 5.11 Å². The highest BCUT2D eigenvalue weighted by Crippen LogP contribution is 2.33. The highest BCUT2D eigenvalue weighted by molar-refractivity contribution is 7.09. The highest BCUT2D eigenvalue weighted by Gasteiger charge is 2.33. The van der Waals surface area contributed by atoms with Gasteiger partial charge in [0.1, 0.15) is 0 Å². The molecule has 0 unspecified atom stereocenters. The number of β-amino-alcohol motifs (C(OH)–C–C–N with tert-alkyl or cyclic N) is 1. The summed E-state index contributed by atoms with van der Waals surface area (Å²) < 4.78 is 0. The van der Waals surface area contributed by atoms with E-state index in [2.05, 4.69) is 22.2 Å². The maximum atomic E-state index is 10.7. The number of aryl methyl sites for hydroxylation is 1. The molecule has 1 aliphatic heterocycles. The lowest BCUT2D eigenvalue weighted by atomic mass is 9.84. The van der Waals surface area contributed by atoms with Crippen LogP contribution < -0.4 is 0 Å². The molecule has 4 heteroatoms. The fourth-order valence-electron chi connectivity index (χ4n) is 3.68. The highest BCUT2D eigenvalue weighted by atomic mass is 32.1.